The van der Waals surface area contributed by atoms with Crippen LogP contribution >= 0.6 is 0 Å². The average molecular weight is 478 g/mol. The minimum Gasteiger partial charge on any atom is -0.387 e. The molecule has 0 bridgehead atoms. The second-order valence-electron chi connectivity index (χ2n) is 10.9. The molecule has 0 saturated carbocycles. The molecule has 3 aromatic rings. The van der Waals surface area contributed by atoms with E-state index in [0.717, 1.165) is 27.9 Å². The maximum Gasteiger partial charge on any atom is 0.250 e. The van der Waals surface area contributed by atoms with E-state index >= 15 is 0 Å². The second kappa shape index (κ2) is 9.23. The number of hydrogen-bond acceptors (Lipinski definition) is 4. The van der Waals surface area contributed by atoms with Crippen LogP contribution < -0.4 is 5.73 Å². The Morgan fingerprint density at radius 2 is 1.56 bits per heavy atom. The molecule has 3 aromatic carbocycles. The van der Waals surface area contributed by atoms with Crippen LogP contribution in [0, 0.1) is 5.41 Å². The smallest absolute Gasteiger partial charge is 0.250 e. The van der Waals surface area contributed by atoms with Crippen molar-refractivity contribution < 1.29 is 9.59 Å². The number of carbonyl (C=O) groups is 2. The quantitative estimate of drug-likeness (QED) is 0.449. The van der Waals surface area contributed by atoms with Gasteiger partial charge in [0.1, 0.15) is 5.84 Å². The number of ketones is 1. The Morgan fingerprint density at radius 1 is 0.917 bits per heavy atom. The maximum absolute atomic E-state index is 13.4. The van der Waals surface area contributed by atoms with Crippen LogP contribution in [0.5, 0.6) is 0 Å². The van der Waals surface area contributed by atoms with Crippen LogP contribution in [-0.2, 0) is 17.9 Å². The molecular formula is C31H31N3O2. The lowest BCUT2D eigenvalue weighted by Gasteiger charge is -2.17. The van der Waals surface area contributed by atoms with Gasteiger partial charge in [-0.25, -0.2) is 4.99 Å². The molecule has 182 valence electrons. The van der Waals surface area contributed by atoms with Crippen molar-refractivity contribution in [2.24, 2.45) is 16.1 Å². The van der Waals surface area contributed by atoms with Crippen LogP contribution in [0.1, 0.15) is 60.7 Å². The molecule has 0 aliphatic carbocycles. The van der Waals surface area contributed by atoms with Gasteiger partial charge in [0.05, 0.1) is 5.69 Å². The van der Waals surface area contributed by atoms with Gasteiger partial charge in [-0.2, -0.15) is 0 Å². The molecule has 0 atom stereocenters. The van der Waals surface area contributed by atoms with Gasteiger partial charge in [-0.05, 0) is 39.8 Å². The Morgan fingerprint density at radius 3 is 2.19 bits per heavy atom. The van der Waals surface area contributed by atoms with Crippen molar-refractivity contribution in [1.82, 2.24) is 4.90 Å². The van der Waals surface area contributed by atoms with Crippen molar-refractivity contribution in [3.8, 4) is 11.1 Å². The minimum absolute atomic E-state index is 0.00297. The van der Waals surface area contributed by atoms with Crippen molar-refractivity contribution in [3.05, 3.63) is 94.6 Å². The molecule has 0 unspecified atom stereocenters. The first kappa shape index (κ1) is 23.7. The fraction of sp³-hybridized carbons (Fsp3) is 0.258. The summed E-state index contributed by atoms with van der Waals surface area (Å²) in [6.07, 6.45) is 2.75. The molecule has 5 rings (SSSR count). The molecular weight excluding hydrogens is 446 g/mol. The van der Waals surface area contributed by atoms with E-state index in [1.165, 1.54) is 11.1 Å². The first-order chi connectivity index (χ1) is 17.2. The SMILES string of the molecule is CC(C)(C)CC(=O)c1ccc(-c2ccc3c(c2)N=C(N)CC(C(=O)N2Cc4ccccc4C2)=C3)cc1. The predicted octanol–water partition coefficient (Wildman–Crippen LogP) is 6.29. The summed E-state index contributed by atoms with van der Waals surface area (Å²) in [4.78, 5) is 32.4. The zero-order valence-corrected chi connectivity index (χ0v) is 21.0. The highest BCUT2D eigenvalue weighted by Gasteiger charge is 2.27. The first-order valence-corrected chi connectivity index (χ1v) is 12.3. The molecule has 5 heteroatoms. The van der Waals surface area contributed by atoms with Gasteiger partial charge in [0.15, 0.2) is 5.78 Å². The molecule has 1 amide bonds. The molecule has 36 heavy (non-hydrogen) atoms. The predicted molar refractivity (Wildman–Crippen MR) is 145 cm³/mol. The third-order valence-corrected chi connectivity index (χ3v) is 6.63. The first-order valence-electron chi connectivity index (χ1n) is 12.3. The van der Waals surface area contributed by atoms with Crippen molar-refractivity contribution in [2.75, 3.05) is 0 Å². The van der Waals surface area contributed by atoms with Gasteiger partial charge >= 0.3 is 0 Å². The van der Waals surface area contributed by atoms with E-state index in [4.69, 9.17) is 5.73 Å². The molecule has 5 nitrogen and oxygen atoms in total. The topological polar surface area (TPSA) is 75.8 Å². The summed E-state index contributed by atoms with van der Waals surface area (Å²) in [5.74, 6) is 0.568. The Kier molecular flexibility index (Phi) is 6.09. The van der Waals surface area contributed by atoms with E-state index in [1.54, 1.807) is 0 Å². The number of Topliss-reactive ketones (excluding diaryl/α,β-unsaturated/α-hetero) is 1. The van der Waals surface area contributed by atoms with Gasteiger partial charge < -0.3 is 10.6 Å². The Hall–Kier alpha value is -3.99. The molecule has 0 aromatic heterocycles. The number of nitrogens with two attached hydrogens (primary N) is 1. The molecule has 0 spiro atoms. The highest BCUT2D eigenvalue weighted by atomic mass is 16.2. The van der Waals surface area contributed by atoms with Crippen LogP contribution in [0.15, 0.2) is 77.3 Å². The van der Waals surface area contributed by atoms with Crippen LogP contribution in [-0.4, -0.2) is 22.4 Å². The van der Waals surface area contributed by atoms with Crippen molar-refractivity contribution in [3.63, 3.8) is 0 Å². The normalized spacial score (nSPS) is 14.9. The lowest BCUT2D eigenvalue weighted by molar-refractivity contribution is -0.127. The third kappa shape index (κ3) is 5.01. The Balaban J connectivity index is 1.38. The van der Waals surface area contributed by atoms with E-state index in [0.29, 0.717) is 37.3 Å². The summed E-state index contributed by atoms with van der Waals surface area (Å²) >= 11 is 0. The molecule has 2 aliphatic heterocycles. The van der Waals surface area contributed by atoms with Crippen LogP contribution in [0.2, 0.25) is 0 Å². The second-order valence-corrected chi connectivity index (χ2v) is 10.9. The highest BCUT2D eigenvalue weighted by Crippen LogP contribution is 2.33. The van der Waals surface area contributed by atoms with Gasteiger partial charge in [-0.15, -0.1) is 0 Å². The van der Waals surface area contributed by atoms with Gasteiger partial charge in [0.2, 0.25) is 0 Å². The summed E-state index contributed by atoms with van der Waals surface area (Å²) in [7, 11) is 0. The third-order valence-electron chi connectivity index (χ3n) is 6.63. The van der Waals surface area contributed by atoms with Gasteiger partial charge in [0, 0.05) is 42.6 Å². The molecule has 0 saturated heterocycles. The summed E-state index contributed by atoms with van der Waals surface area (Å²) in [6, 6.07) is 21.9. The largest absolute Gasteiger partial charge is 0.387 e. The Bertz CT molecular complexity index is 1380. The van der Waals surface area contributed by atoms with E-state index < -0.39 is 0 Å². The van der Waals surface area contributed by atoms with E-state index in [2.05, 4.69) is 37.9 Å². The lowest BCUT2D eigenvalue weighted by Crippen LogP contribution is -2.28. The zero-order chi connectivity index (χ0) is 25.4. The van der Waals surface area contributed by atoms with Crippen molar-refractivity contribution in [2.45, 2.75) is 46.7 Å². The number of benzene rings is 3. The monoisotopic (exact) mass is 477 g/mol. The van der Waals surface area contributed by atoms with Crippen LogP contribution in [0.25, 0.3) is 17.2 Å². The molecule has 2 N–H and O–H groups in total. The van der Waals surface area contributed by atoms with Gasteiger partial charge in [-0.1, -0.05) is 81.4 Å². The number of rotatable bonds is 4. The number of aliphatic imine (C=N–C) groups is 1. The van der Waals surface area contributed by atoms with Crippen molar-refractivity contribution in [1.29, 1.82) is 0 Å². The summed E-state index contributed by atoms with van der Waals surface area (Å²) in [5.41, 5.74) is 13.6. The molecule has 0 fully saturated rings. The minimum atomic E-state index is -0.0444. The lowest BCUT2D eigenvalue weighted by atomic mass is 9.87. The standard InChI is InChI=1S/C31H31N3O2/c1-31(2,3)17-28(35)21-10-8-20(9-11-21)22-12-13-23-14-26(16-29(32)33-27(23)15-22)30(36)34-18-24-6-4-5-7-25(24)19-34/h4-15H,16-19H2,1-3H3,(H2,32,33). The van der Waals surface area contributed by atoms with Crippen molar-refractivity contribution >= 4 is 29.3 Å². The Labute approximate surface area is 212 Å². The van der Waals surface area contributed by atoms with Gasteiger partial charge in [0.25, 0.3) is 5.91 Å². The fourth-order valence-corrected chi connectivity index (χ4v) is 4.82. The fourth-order valence-electron chi connectivity index (χ4n) is 4.82. The van der Waals surface area contributed by atoms with E-state index in [9.17, 15) is 9.59 Å². The number of fused-ring (bicyclic) bond motifs is 2. The number of nitrogens with zero attached hydrogens (tertiary/aromatic N) is 2. The number of amidine groups is 1. The summed E-state index contributed by atoms with van der Waals surface area (Å²) in [6.45, 7) is 7.43. The summed E-state index contributed by atoms with van der Waals surface area (Å²) < 4.78 is 0. The molecule has 2 aliphatic rings. The average Bonchev–Trinajstić information content (AvgIpc) is 3.19. The number of carbonyl (C=O) groups excluding carboxylic acids is 2. The van der Waals surface area contributed by atoms with Crippen LogP contribution in [0.4, 0.5) is 5.69 Å². The maximum atomic E-state index is 13.4. The van der Waals surface area contributed by atoms with Crippen LogP contribution in [0.3, 0.4) is 0 Å². The molecule has 2 heterocycles. The number of amides is 1. The van der Waals surface area contributed by atoms with E-state index in [1.807, 2.05) is 65.6 Å². The summed E-state index contributed by atoms with van der Waals surface area (Å²) in [5, 5.41) is 0. The zero-order valence-electron chi connectivity index (χ0n) is 21.0. The molecule has 0 radical (unpaired) electrons. The highest BCUT2D eigenvalue weighted by molar-refractivity contribution is 6.06. The van der Waals surface area contributed by atoms with E-state index in [-0.39, 0.29) is 17.1 Å². The van der Waals surface area contributed by atoms with Gasteiger partial charge in [-0.3, -0.25) is 9.59 Å². The number of hydrogen-bond donors (Lipinski definition) is 1.